The zero-order chi connectivity index (χ0) is 14.5. The maximum absolute atomic E-state index is 4.86. The van der Waals surface area contributed by atoms with Crippen molar-refractivity contribution in [2.75, 3.05) is 4.90 Å². The maximum atomic E-state index is 4.86. The molecule has 6 heteroatoms. The number of aromatic nitrogens is 4. The minimum absolute atomic E-state index is 0.560. The number of hydrogen-bond donors (Lipinski definition) is 0. The van der Waals surface area contributed by atoms with Crippen LogP contribution in [-0.4, -0.2) is 25.9 Å². The van der Waals surface area contributed by atoms with Gasteiger partial charge in [-0.1, -0.05) is 6.07 Å². The Kier molecular flexibility index (Phi) is 2.73. The van der Waals surface area contributed by atoms with Crippen molar-refractivity contribution in [3.8, 4) is 0 Å². The molecule has 22 heavy (non-hydrogen) atoms. The SMILES string of the molecule is c1csc(CN(c2ccc3nnc(C4CC4)n3n2)C2CC2)c1. The molecule has 0 N–H and O–H groups in total. The van der Waals surface area contributed by atoms with Gasteiger partial charge in [0.25, 0.3) is 0 Å². The van der Waals surface area contributed by atoms with Crippen molar-refractivity contribution in [1.82, 2.24) is 19.8 Å². The fourth-order valence-electron chi connectivity index (χ4n) is 2.90. The number of fused-ring (bicyclic) bond motifs is 1. The molecule has 0 saturated heterocycles. The van der Waals surface area contributed by atoms with E-state index in [0.717, 1.165) is 23.8 Å². The molecule has 2 fully saturated rings. The zero-order valence-corrected chi connectivity index (χ0v) is 13.0. The topological polar surface area (TPSA) is 46.3 Å². The van der Waals surface area contributed by atoms with Crippen LogP contribution in [0, 0.1) is 0 Å². The Morgan fingerprint density at radius 2 is 2.05 bits per heavy atom. The van der Waals surface area contributed by atoms with E-state index < -0.39 is 0 Å². The van der Waals surface area contributed by atoms with Crippen LogP contribution >= 0.6 is 11.3 Å². The first-order valence-corrected chi connectivity index (χ1v) is 8.78. The van der Waals surface area contributed by atoms with Crippen molar-refractivity contribution in [3.05, 3.63) is 40.3 Å². The van der Waals surface area contributed by atoms with Gasteiger partial charge in [0, 0.05) is 16.8 Å². The number of anilines is 1. The lowest BCUT2D eigenvalue weighted by molar-refractivity contribution is 0.743. The number of hydrogen-bond acceptors (Lipinski definition) is 5. The van der Waals surface area contributed by atoms with Crippen LogP contribution in [0.4, 0.5) is 5.82 Å². The lowest BCUT2D eigenvalue weighted by atomic mass is 10.3. The lowest BCUT2D eigenvalue weighted by Gasteiger charge is -2.22. The number of thiophene rings is 1. The van der Waals surface area contributed by atoms with Gasteiger partial charge in [-0.3, -0.25) is 0 Å². The Bertz CT molecular complexity index is 801. The summed E-state index contributed by atoms with van der Waals surface area (Å²) in [6, 6.07) is 9.09. The molecule has 2 aliphatic carbocycles. The molecule has 0 radical (unpaired) electrons. The van der Waals surface area contributed by atoms with E-state index in [4.69, 9.17) is 5.10 Å². The quantitative estimate of drug-likeness (QED) is 0.726. The van der Waals surface area contributed by atoms with E-state index in [1.165, 1.54) is 30.6 Å². The molecule has 5 nitrogen and oxygen atoms in total. The van der Waals surface area contributed by atoms with Crippen LogP contribution in [0.25, 0.3) is 5.65 Å². The fourth-order valence-corrected chi connectivity index (χ4v) is 3.60. The van der Waals surface area contributed by atoms with E-state index in [9.17, 15) is 0 Å². The van der Waals surface area contributed by atoms with Gasteiger partial charge in [-0.2, -0.15) is 4.52 Å². The fraction of sp³-hybridized carbons (Fsp3) is 0.438. The van der Waals surface area contributed by atoms with Crippen molar-refractivity contribution in [2.24, 2.45) is 0 Å². The summed E-state index contributed by atoms with van der Waals surface area (Å²) in [6.45, 7) is 0.946. The Hall–Kier alpha value is -1.95. The molecule has 3 heterocycles. The summed E-state index contributed by atoms with van der Waals surface area (Å²) < 4.78 is 1.96. The first-order chi connectivity index (χ1) is 10.9. The van der Waals surface area contributed by atoms with E-state index in [2.05, 4.69) is 38.7 Å². The largest absolute Gasteiger partial charge is 0.347 e. The molecular formula is C16H17N5S. The van der Waals surface area contributed by atoms with Gasteiger partial charge in [0.2, 0.25) is 0 Å². The second-order valence-corrected chi connectivity index (χ2v) is 7.26. The molecule has 0 bridgehead atoms. The van der Waals surface area contributed by atoms with Crippen molar-refractivity contribution in [1.29, 1.82) is 0 Å². The number of rotatable bonds is 5. The van der Waals surface area contributed by atoms with Gasteiger partial charge in [-0.05, 0) is 49.3 Å². The molecule has 0 spiro atoms. The smallest absolute Gasteiger partial charge is 0.178 e. The molecule has 5 rings (SSSR count). The summed E-state index contributed by atoms with van der Waals surface area (Å²) in [5, 5.41) is 15.6. The third-order valence-electron chi connectivity index (χ3n) is 4.40. The van der Waals surface area contributed by atoms with Gasteiger partial charge in [-0.15, -0.1) is 26.6 Å². The number of nitrogens with zero attached hydrogens (tertiary/aromatic N) is 5. The highest BCUT2D eigenvalue weighted by atomic mass is 32.1. The molecule has 112 valence electrons. The van der Waals surface area contributed by atoms with Gasteiger partial charge in [0.15, 0.2) is 11.5 Å². The summed E-state index contributed by atoms with van der Waals surface area (Å²) in [6.07, 6.45) is 4.97. The average molecular weight is 311 g/mol. The van der Waals surface area contributed by atoms with Gasteiger partial charge in [0.05, 0.1) is 6.54 Å². The van der Waals surface area contributed by atoms with Gasteiger partial charge < -0.3 is 4.90 Å². The Morgan fingerprint density at radius 1 is 1.14 bits per heavy atom. The van der Waals surface area contributed by atoms with Crippen LogP contribution in [0.3, 0.4) is 0 Å². The normalized spacial score (nSPS) is 18.0. The van der Waals surface area contributed by atoms with E-state index in [-0.39, 0.29) is 0 Å². The molecule has 2 saturated carbocycles. The Balaban J connectivity index is 1.53. The highest BCUT2D eigenvalue weighted by Crippen LogP contribution is 2.39. The van der Waals surface area contributed by atoms with Crippen LogP contribution in [-0.2, 0) is 6.54 Å². The van der Waals surface area contributed by atoms with Gasteiger partial charge >= 0.3 is 0 Å². The van der Waals surface area contributed by atoms with Gasteiger partial charge in [0.1, 0.15) is 5.82 Å². The molecule has 3 aromatic rings. The first-order valence-electron chi connectivity index (χ1n) is 7.90. The van der Waals surface area contributed by atoms with E-state index in [1.807, 2.05) is 21.9 Å². The summed E-state index contributed by atoms with van der Waals surface area (Å²) in [5.74, 6) is 2.64. The van der Waals surface area contributed by atoms with Crippen molar-refractivity contribution < 1.29 is 0 Å². The van der Waals surface area contributed by atoms with E-state index >= 15 is 0 Å². The van der Waals surface area contributed by atoms with Crippen molar-refractivity contribution in [2.45, 2.75) is 44.2 Å². The van der Waals surface area contributed by atoms with Crippen LogP contribution in [0.2, 0.25) is 0 Å². The van der Waals surface area contributed by atoms with Crippen LogP contribution < -0.4 is 4.90 Å². The standard InChI is InChI=1S/C16H17N5S/c1-2-13(22-9-1)10-20(12-5-6-12)15-8-7-14-17-18-16(11-3-4-11)21(14)19-15/h1-2,7-9,11-12H,3-6,10H2. The van der Waals surface area contributed by atoms with Crippen LogP contribution in [0.5, 0.6) is 0 Å². The average Bonchev–Trinajstić information content (AvgIpc) is 3.47. The molecule has 2 aliphatic rings. The van der Waals surface area contributed by atoms with Crippen LogP contribution in [0.1, 0.15) is 42.3 Å². The predicted octanol–water partition coefficient (Wildman–Crippen LogP) is 3.23. The van der Waals surface area contributed by atoms with E-state index in [1.54, 1.807) is 0 Å². The summed E-state index contributed by atoms with van der Waals surface area (Å²) in [4.78, 5) is 3.82. The maximum Gasteiger partial charge on any atom is 0.178 e. The summed E-state index contributed by atoms with van der Waals surface area (Å²) in [5.41, 5.74) is 0.859. The molecule has 0 amide bonds. The van der Waals surface area contributed by atoms with Crippen molar-refractivity contribution >= 4 is 22.8 Å². The monoisotopic (exact) mass is 311 g/mol. The molecular weight excluding hydrogens is 294 g/mol. The molecule has 0 aromatic carbocycles. The van der Waals surface area contributed by atoms with Gasteiger partial charge in [-0.25, -0.2) is 0 Å². The summed E-state index contributed by atoms with van der Waals surface area (Å²) in [7, 11) is 0. The lowest BCUT2D eigenvalue weighted by Crippen LogP contribution is -2.26. The van der Waals surface area contributed by atoms with Crippen LogP contribution in [0.15, 0.2) is 29.6 Å². The third-order valence-corrected chi connectivity index (χ3v) is 5.26. The molecule has 0 atom stereocenters. The zero-order valence-electron chi connectivity index (χ0n) is 12.2. The molecule has 3 aromatic heterocycles. The minimum atomic E-state index is 0.560. The second-order valence-electron chi connectivity index (χ2n) is 6.23. The van der Waals surface area contributed by atoms with E-state index in [0.29, 0.717) is 12.0 Å². The first kappa shape index (κ1) is 12.6. The Labute approximate surface area is 132 Å². The van der Waals surface area contributed by atoms with Crippen molar-refractivity contribution in [3.63, 3.8) is 0 Å². The highest BCUT2D eigenvalue weighted by molar-refractivity contribution is 7.09. The second kappa shape index (κ2) is 4.78. The Morgan fingerprint density at radius 3 is 2.77 bits per heavy atom. The highest BCUT2D eigenvalue weighted by Gasteiger charge is 2.32. The molecule has 0 unspecified atom stereocenters. The predicted molar refractivity (Wildman–Crippen MR) is 86.3 cm³/mol. The third kappa shape index (κ3) is 2.18. The minimum Gasteiger partial charge on any atom is -0.347 e. The summed E-state index contributed by atoms with van der Waals surface area (Å²) >= 11 is 1.81. The molecule has 0 aliphatic heterocycles.